The van der Waals surface area contributed by atoms with Crippen molar-refractivity contribution in [2.45, 2.75) is 13.0 Å². The maximum absolute atomic E-state index is 11.2. The minimum absolute atomic E-state index is 0.236. The second-order valence-electron chi connectivity index (χ2n) is 5.94. The molecular weight excluding hydrogens is 304 g/mol. The van der Waals surface area contributed by atoms with Gasteiger partial charge in [-0.2, -0.15) is 0 Å². The van der Waals surface area contributed by atoms with E-state index in [-0.39, 0.29) is 10.6 Å². The third kappa shape index (κ3) is 2.70. The van der Waals surface area contributed by atoms with Gasteiger partial charge >= 0.3 is 0 Å². The molecule has 0 fully saturated rings. The van der Waals surface area contributed by atoms with Crippen molar-refractivity contribution in [1.82, 2.24) is 5.06 Å². The Morgan fingerprint density at radius 3 is 2.75 bits per heavy atom. The molecule has 0 aromatic heterocycles. The zero-order valence-corrected chi connectivity index (χ0v) is 13.0. The smallest absolute Gasteiger partial charge is 0.250 e. The molecule has 0 saturated heterocycles. The van der Waals surface area contributed by atoms with Crippen molar-refractivity contribution in [2.75, 3.05) is 6.54 Å². The van der Waals surface area contributed by atoms with E-state index in [1.54, 1.807) is 11.1 Å². The molecule has 2 aliphatic rings. The molecule has 0 saturated carbocycles. The van der Waals surface area contributed by atoms with Crippen LogP contribution in [0.1, 0.15) is 11.1 Å². The van der Waals surface area contributed by atoms with Crippen LogP contribution in [0.25, 0.3) is 11.8 Å². The summed E-state index contributed by atoms with van der Waals surface area (Å²) in [6, 6.07) is 15.8. The zero-order chi connectivity index (χ0) is 16.5. The highest BCUT2D eigenvalue weighted by Crippen LogP contribution is 2.18. The fraction of sp³-hybridized carbons (Fsp3) is 0.158. The van der Waals surface area contributed by atoms with Crippen LogP contribution in [0.3, 0.4) is 0 Å². The van der Waals surface area contributed by atoms with E-state index >= 15 is 0 Å². The van der Waals surface area contributed by atoms with Crippen LogP contribution in [0.4, 0.5) is 0 Å². The van der Waals surface area contributed by atoms with Crippen molar-refractivity contribution in [1.29, 1.82) is 0 Å². The first-order valence-electron chi connectivity index (χ1n) is 7.82. The zero-order valence-electron chi connectivity index (χ0n) is 13.0. The Bertz CT molecular complexity index is 948. The fourth-order valence-corrected chi connectivity index (χ4v) is 3.21. The molecule has 2 aromatic rings. The van der Waals surface area contributed by atoms with Gasteiger partial charge in [0.2, 0.25) is 0 Å². The van der Waals surface area contributed by atoms with Crippen molar-refractivity contribution in [3.63, 3.8) is 0 Å². The average molecular weight is 320 g/mol. The number of allylic oxidation sites excluding steroid dienone is 1. The third-order valence-corrected chi connectivity index (χ3v) is 4.30. The van der Waals surface area contributed by atoms with Gasteiger partial charge in [0.1, 0.15) is 0 Å². The second kappa shape index (κ2) is 5.94. The van der Waals surface area contributed by atoms with E-state index < -0.39 is 0 Å². The van der Waals surface area contributed by atoms with Crippen LogP contribution in [-0.4, -0.2) is 16.5 Å². The van der Waals surface area contributed by atoms with E-state index in [2.05, 4.69) is 0 Å². The van der Waals surface area contributed by atoms with Gasteiger partial charge < -0.3 is 0 Å². The molecule has 0 spiro atoms. The van der Waals surface area contributed by atoms with Gasteiger partial charge in [0, 0.05) is 17.5 Å². The lowest BCUT2D eigenvalue weighted by molar-refractivity contribution is -0.427. The standard InChI is InChI=1S/C19H16N2O3/c22-21(23)18-9-15-7-4-8-16-11-20(12-17(10-18)19(15)16)24-13-14-5-2-1-3-6-14/h1-8,10-11H,9,12-13H2. The molecule has 1 heterocycles. The lowest BCUT2D eigenvalue weighted by Crippen LogP contribution is -2.42. The van der Waals surface area contributed by atoms with Crippen LogP contribution in [0, 0.1) is 10.1 Å². The molecule has 0 unspecified atom stereocenters. The molecule has 5 heteroatoms. The maximum atomic E-state index is 11.2. The molecule has 5 nitrogen and oxygen atoms in total. The fourth-order valence-electron chi connectivity index (χ4n) is 3.21. The Hall–Kier alpha value is -2.92. The molecule has 4 rings (SSSR count). The van der Waals surface area contributed by atoms with Crippen LogP contribution < -0.4 is 10.4 Å². The topological polar surface area (TPSA) is 55.6 Å². The van der Waals surface area contributed by atoms with E-state index in [0.717, 1.165) is 27.1 Å². The van der Waals surface area contributed by atoms with Crippen LogP contribution in [0.15, 0.2) is 60.3 Å². The first-order valence-corrected chi connectivity index (χ1v) is 7.82. The number of hydroxylamine groups is 2. The van der Waals surface area contributed by atoms with Crippen LogP contribution in [-0.2, 0) is 17.9 Å². The first-order chi connectivity index (χ1) is 11.7. The molecule has 2 aromatic carbocycles. The van der Waals surface area contributed by atoms with Crippen LogP contribution in [0.2, 0.25) is 0 Å². The van der Waals surface area contributed by atoms with Crippen molar-refractivity contribution in [3.8, 4) is 0 Å². The van der Waals surface area contributed by atoms with E-state index in [0.29, 0.717) is 19.6 Å². The Labute approximate surface area is 138 Å². The molecule has 1 aliphatic carbocycles. The van der Waals surface area contributed by atoms with E-state index in [1.165, 1.54) is 0 Å². The van der Waals surface area contributed by atoms with Gasteiger partial charge in [-0.25, -0.2) is 0 Å². The van der Waals surface area contributed by atoms with E-state index in [4.69, 9.17) is 4.84 Å². The normalized spacial score (nSPS) is 15.4. The van der Waals surface area contributed by atoms with Gasteiger partial charge in [-0.05, 0) is 21.9 Å². The highest BCUT2D eigenvalue weighted by molar-refractivity contribution is 5.65. The largest absolute Gasteiger partial charge is 0.269 e. The molecule has 0 amide bonds. The first kappa shape index (κ1) is 14.7. The van der Waals surface area contributed by atoms with Gasteiger partial charge in [-0.15, -0.1) is 0 Å². The number of nitrogens with zero attached hydrogens (tertiary/aromatic N) is 2. The summed E-state index contributed by atoms with van der Waals surface area (Å²) >= 11 is 0. The van der Waals surface area contributed by atoms with Gasteiger partial charge in [0.25, 0.3) is 5.70 Å². The Balaban J connectivity index is 1.66. The summed E-state index contributed by atoms with van der Waals surface area (Å²) in [5.41, 5.74) is 3.27. The van der Waals surface area contributed by atoms with Gasteiger partial charge in [-0.1, -0.05) is 48.5 Å². The molecule has 0 atom stereocenters. The minimum Gasteiger partial charge on any atom is -0.269 e. The quantitative estimate of drug-likeness (QED) is 0.636. The monoisotopic (exact) mass is 320 g/mol. The summed E-state index contributed by atoms with van der Waals surface area (Å²) in [5, 5.41) is 15.1. The molecule has 120 valence electrons. The number of rotatable bonds is 4. The van der Waals surface area contributed by atoms with Crippen molar-refractivity contribution in [3.05, 3.63) is 92.0 Å². The number of benzene rings is 2. The van der Waals surface area contributed by atoms with Crippen LogP contribution >= 0.6 is 0 Å². The lowest BCUT2D eigenvalue weighted by atomic mass is 9.94. The summed E-state index contributed by atoms with van der Waals surface area (Å²) in [4.78, 5) is 16.8. The molecule has 24 heavy (non-hydrogen) atoms. The third-order valence-electron chi connectivity index (χ3n) is 4.30. The lowest BCUT2D eigenvalue weighted by Gasteiger charge is -2.25. The van der Waals surface area contributed by atoms with Gasteiger partial charge in [-0.3, -0.25) is 20.0 Å². The molecule has 0 radical (unpaired) electrons. The second-order valence-corrected chi connectivity index (χ2v) is 5.94. The van der Waals surface area contributed by atoms with Crippen molar-refractivity contribution < 1.29 is 9.76 Å². The predicted octanol–water partition coefficient (Wildman–Crippen LogP) is 1.74. The van der Waals surface area contributed by atoms with Gasteiger partial charge in [0.05, 0.1) is 24.5 Å². The summed E-state index contributed by atoms with van der Waals surface area (Å²) in [5.74, 6) is 0. The van der Waals surface area contributed by atoms with Crippen molar-refractivity contribution >= 4 is 11.8 Å². The SMILES string of the molecule is O=[N+]([O-])C1=CC2=c3c(cccc3=CN(OCc3ccccc3)C2)C1. The van der Waals surface area contributed by atoms with E-state index in [1.807, 2.05) is 54.7 Å². The summed E-state index contributed by atoms with van der Waals surface area (Å²) in [6.07, 6.45) is 4.03. The molecule has 0 N–H and O–H groups in total. The highest BCUT2D eigenvalue weighted by atomic mass is 16.7. The van der Waals surface area contributed by atoms with Crippen molar-refractivity contribution in [2.24, 2.45) is 0 Å². The number of hydrogen-bond donors (Lipinski definition) is 0. The Morgan fingerprint density at radius 1 is 1.12 bits per heavy atom. The van der Waals surface area contributed by atoms with Crippen LogP contribution in [0.5, 0.6) is 0 Å². The Kier molecular flexibility index (Phi) is 3.63. The molecule has 1 aliphatic heterocycles. The Morgan fingerprint density at radius 2 is 1.96 bits per heavy atom. The number of hydrogen-bond acceptors (Lipinski definition) is 4. The van der Waals surface area contributed by atoms with E-state index in [9.17, 15) is 10.1 Å². The number of nitro groups is 1. The molecule has 0 bridgehead atoms. The molecular formula is C19H16N2O3. The summed E-state index contributed by atoms with van der Waals surface area (Å²) in [7, 11) is 0. The van der Waals surface area contributed by atoms with Gasteiger partial charge in [0.15, 0.2) is 0 Å². The minimum atomic E-state index is -0.296. The predicted molar refractivity (Wildman–Crippen MR) is 90.3 cm³/mol. The summed E-state index contributed by atoms with van der Waals surface area (Å²) in [6.45, 7) is 0.972. The maximum Gasteiger partial charge on any atom is 0.250 e. The summed E-state index contributed by atoms with van der Waals surface area (Å²) < 4.78 is 0. The average Bonchev–Trinajstić information content (AvgIpc) is 2.61. The highest BCUT2D eigenvalue weighted by Gasteiger charge is 2.23.